The van der Waals surface area contributed by atoms with Crippen molar-refractivity contribution in [3.05, 3.63) is 29.8 Å². The van der Waals surface area contributed by atoms with Crippen molar-refractivity contribution in [3.8, 4) is 0 Å². The standard InChI is InChI=1S/C17H25N3O4S/c21-17(18-7-1-8-19-10-12-24-13-11-19)15-3-5-16(6-4-15)20-9-2-14-25(20,22)23/h3-6H,1-2,7-14H2,(H,18,21). The lowest BCUT2D eigenvalue weighted by Crippen LogP contribution is -2.38. The van der Waals surface area contributed by atoms with Crippen LogP contribution in [0.4, 0.5) is 5.69 Å². The zero-order valence-corrected chi connectivity index (χ0v) is 15.1. The number of anilines is 1. The normalized spacial score (nSPS) is 20.6. The molecule has 2 fully saturated rings. The number of hydrogen-bond donors (Lipinski definition) is 1. The van der Waals surface area contributed by atoms with Crippen molar-refractivity contribution in [1.29, 1.82) is 0 Å². The number of benzene rings is 1. The monoisotopic (exact) mass is 367 g/mol. The lowest BCUT2D eigenvalue weighted by molar-refractivity contribution is 0.0374. The number of rotatable bonds is 6. The van der Waals surface area contributed by atoms with Gasteiger partial charge in [0.25, 0.3) is 5.91 Å². The summed E-state index contributed by atoms with van der Waals surface area (Å²) in [5.74, 6) is 0.0658. The van der Waals surface area contributed by atoms with Gasteiger partial charge in [0.15, 0.2) is 0 Å². The Morgan fingerprint density at radius 1 is 1.12 bits per heavy atom. The highest BCUT2D eigenvalue weighted by Crippen LogP contribution is 2.24. The first-order chi connectivity index (χ1) is 12.1. The Morgan fingerprint density at radius 2 is 1.84 bits per heavy atom. The average molecular weight is 367 g/mol. The third kappa shape index (κ3) is 4.71. The number of carbonyl (C=O) groups is 1. The second-order valence-corrected chi connectivity index (χ2v) is 8.36. The summed E-state index contributed by atoms with van der Waals surface area (Å²) in [4.78, 5) is 14.5. The van der Waals surface area contributed by atoms with Crippen LogP contribution in [0.3, 0.4) is 0 Å². The predicted molar refractivity (Wildman–Crippen MR) is 96.4 cm³/mol. The molecule has 0 atom stereocenters. The minimum atomic E-state index is -3.18. The molecule has 0 bridgehead atoms. The minimum Gasteiger partial charge on any atom is -0.379 e. The maximum absolute atomic E-state index is 12.2. The number of sulfonamides is 1. The largest absolute Gasteiger partial charge is 0.379 e. The molecular weight excluding hydrogens is 342 g/mol. The van der Waals surface area contributed by atoms with Crippen LogP contribution in [0.5, 0.6) is 0 Å². The van der Waals surface area contributed by atoms with Crippen molar-refractivity contribution in [2.24, 2.45) is 0 Å². The molecule has 2 aliphatic heterocycles. The zero-order valence-electron chi connectivity index (χ0n) is 14.3. The minimum absolute atomic E-state index is 0.127. The molecule has 0 aromatic heterocycles. The molecule has 1 aromatic carbocycles. The number of nitrogens with one attached hydrogen (secondary N) is 1. The Labute approximate surface area is 149 Å². The summed E-state index contributed by atoms with van der Waals surface area (Å²) in [6.07, 6.45) is 1.55. The van der Waals surface area contributed by atoms with E-state index in [9.17, 15) is 13.2 Å². The van der Waals surface area contributed by atoms with E-state index in [1.165, 1.54) is 4.31 Å². The highest BCUT2D eigenvalue weighted by atomic mass is 32.2. The number of carbonyl (C=O) groups excluding carboxylic acids is 1. The molecule has 0 saturated carbocycles. The van der Waals surface area contributed by atoms with Crippen LogP contribution in [-0.4, -0.2) is 70.9 Å². The van der Waals surface area contributed by atoms with Crippen LogP contribution in [0, 0.1) is 0 Å². The van der Waals surface area contributed by atoms with Crippen LogP contribution in [-0.2, 0) is 14.8 Å². The highest BCUT2D eigenvalue weighted by molar-refractivity contribution is 7.93. The number of morpholine rings is 1. The summed E-state index contributed by atoms with van der Waals surface area (Å²) < 4.78 is 30.6. The molecule has 138 valence electrons. The van der Waals surface area contributed by atoms with Crippen molar-refractivity contribution in [2.75, 3.05) is 56.0 Å². The third-order valence-electron chi connectivity index (χ3n) is 4.56. The first-order valence-corrected chi connectivity index (χ1v) is 10.4. The molecule has 8 heteroatoms. The van der Waals surface area contributed by atoms with Gasteiger partial charge in [0.05, 0.1) is 24.7 Å². The predicted octanol–water partition coefficient (Wildman–Crippen LogP) is 0.679. The Hall–Kier alpha value is -1.64. The van der Waals surface area contributed by atoms with Gasteiger partial charge in [-0.2, -0.15) is 0 Å². The fourth-order valence-electron chi connectivity index (χ4n) is 3.14. The lowest BCUT2D eigenvalue weighted by atomic mass is 10.2. The van der Waals surface area contributed by atoms with Crippen LogP contribution < -0.4 is 9.62 Å². The van der Waals surface area contributed by atoms with E-state index in [2.05, 4.69) is 10.2 Å². The number of amides is 1. The van der Waals surface area contributed by atoms with Crippen LogP contribution in [0.2, 0.25) is 0 Å². The number of hydrogen-bond acceptors (Lipinski definition) is 5. The third-order valence-corrected chi connectivity index (χ3v) is 6.43. The summed E-state index contributed by atoms with van der Waals surface area (Å²) in [7, 11) is -3.18. The molecule has 0 radical (unpaired) electrons. The first-order valence-electron chi connectivity index (χ1n) is 8.75. The average Bonchev–Trinajstić information content (AvgIpc) is 2.99. The van der Waals surface area contributed by atoms with Crippen LogP contribution in [0.25, 0.3) is 0 Å². The molecule has 1 aromatic rings. The molecule has 1 N–H and O–H groups in total. The second kappa shape index (κ2) is 8.16. The lowest BCUT2D eigenvalue weighted by Gasteiger charge is -2.26. The summed E-state index contributed by atoms with van der Waals surface area (Å²) in [5, 5.41) is 2.92. The molecule has 2 saturated heterocycles. The fraction of sp³-hybridized carbons (Fsp3) is 0.588. The number of nitrogens with zero attached hydrogens (tertiary/aromatic N) is 2. The molecule has 7 nitrogen and oxygen atoms in total. The summed E-state index contributed by atoms with van der Waals surface area (Å²) >= 11 is 0. The van der Waals surface area contributed by atoms with Crippen molar-refractivity contribution in [2.45, 2.75) is 12.8 Å². The summed E-state index contributed by atoms with van der Waals surface area (Å²) in [6, 6.07) is 6.76. The van der Waals surface area contributed by atoms with E-state index in [1.54, 1.807) is 24.3 Å². The fourth-order valence-corrected chi connectivity index (χ4v) is 4.70. The first kappa shape index (κ1) is 18.2. The van der Waals surface area contributed by atoms with E-state index in [1.807, 2.05) is 0 Å². The maximum Gasteiger partial charge on any atom is 0.251 e. The van der Waals surface area contributed by atoms with Crippen LogP contribution >= 0.6 is 0 Å². The molecule has 25 heavy (non-hydrogen) atoms. The van der Waals surface area contributed by atoms with E-state index in [-0.39, 0.29) is 11.7 Å². The Morgan fingerprint density at radius 3 is 2.48 bits per heavy atom. The van der Waals surface area contributed by atoms with Gasteiger partial charge < -0.3 is 10.1 Å². The van der Waals surface area contributed by atoms with E-state index in [4.69, 9.17) is 4.74 Å². The summed E-state index contributed by atoms with van der Waals surface area (Å²) in [6.45, 7) is 5.56. The molecule has 3 rings (SSSR count). The van der Waals surface area contributed by atoms with Gasteiger partial charge in [0.2, 0.25) is 10.0 Å². The van der Waals surface area contributed by atoms with E-state index >= 15 is 0 Å². The van der Waals surface area contributed by atoms with Gasteiger partial charge in [-0.25, -0.2) is 8.42 Å². The zero-order chi connectivity index (χ0) is 17.7. The topological polar surface area (TPSA) is 79.0 Å². The van der Waals surface area contributed by atoms with E-state index in [0.29, 0.717) is 30.8 Å². The molecule has 0 spiro atoms. The van der Waals surface area contributed by atoms with Gasteiger partial charge in [0, 0.05) is 31.7 Å². The van der Waals surface area contributed by atoms with E-state index < -0.39 is 10.0 Å². The van der Waals surface area contributed by atoms with Crippen LogP contribution in [0.15, 0.2) is 24.3 Å². The Kier molecular flexibility index (Phi) is 5.93. The smallest absolute Gasteiger partial charge is 0.251 e. The maximum atomic E-state index is 12.2. The van der Waals surface area contributed by atoms with E-state index in [0.717, 1.165) is 39.3 Å². The Bertz CT molecular complexity index is 684. The molecule has 2 heterocycles. The van der Waals surface area contributed by atoms with Gasteiger partial charge in [-0.3, -0.25) is 14.0 Å². The van der Waals surface area contributed by atoms with Crippen molar-refractivity contribution in [1.82, 2.24) is 10.2 Å². The molecule has 2 aliphatic rings. The van der Waals surface area contributed by atoms with Crippen molar-refractivity contribution < 1.29 is 17.9 Å². The second-order valence-electron chi connectivity index (χ2n) is 6.35. The van der Waals surface area contributed by atoms with Crippen molar-refractivity contribution in [3.63, 3.8) is 0 Å². The molecule has 0 aliphatic carbocycles. The van der Waals surface area contributed by atoms with Crippen molar-refractivity contribution >= 4 is 21.6 Å². The van der Waals surface area contributed by atoms with Gasteiger partial charge in [-0.15, -0.1) is 0 Å². The summed E-state index contributed by atoms with van der Waals surface area (Å²) in [5.41, 5.74) is 1.17. The number of ether oxygens (including phenoxy) is 1. The molecule has 1 amide bonds. The van der Waals surface area contributed by atoms with Gasteiger partial charge in [-0.1, -0.05) is 0 Å². The quantitative estimate of drug-likeness (QED) is 0.748. The SMILES string of the molecule is O=C(NCCCN1CCOCC1)c1ccc(N2CCCS2(=O)=O)cc1. The van der Waals surface area contributed by atoms with Gasteiger partial charge in [-0.05, 0) is 43.7 Å². The Balaban J connectivity index is 1.46. The van der Waals surface area contributed by atoms with Crippen LogP contribution in [0.1, 0.15) is 23.2 Å². The van der Waals surface area contributed by atoms with Gasteiger partial charge >= 0.3 is 0 Å². The highest BCUT2D eigenvalue weighted by Gasteiger charge is 2.28. The van der Waals surface area contributed by atoms with Gasteiger partial charge in [0.1, 0.15) is 0 Å². The molecule has 0 unspecified atom stereocenters. The molecular formula is C17H25N3O4S.